The van der Waals surface area contributed by atoms with Crippen LogP contribution >= 0.6 is 0 Å². The van der Waals surface area contributed by atoms with Gasteiger partial charge in [0.25, 0.3) is 0 Å². The van der Waals surface area contributed by atoms with Gasteiger partial charge in [-0.05, 0) is 34.9 Å². The maximum absolute atomic E-state index is 9.57. The first-order valence-electron chi connectivity index (χ1n) is 9.25. The molecular formula is C23H18N4O. The Kier molecular flexibility index (Phi) is 4.05. The van der Waals surface area contributed by atoms with Gasteiger partial charge >= 0.3 is 0 Å². The number of hydrogen-bond acceptors (Lipinski definition) is 5. The molecule has 5 heteroatoms. The lowest BCUT2D eigenvalue weighted by atomic mass is 9.96. The molecule has 0 aliphatic carbocycles. The molecule has 0 bridgehead atoms. The highest BCUT2D eigenvalue weighted by atomic mass is 16.4. The molecule has 28 heavy (non-hydrogen) atoms. The molecule has 0 radical (unpaired) electrons. The van der Waals surface area contributed by atoms with Crippen LogP contribution in [0.25, 0.3) is 0 Å². The second-order valence-corrected chi connectivity index (χ2v) is 6.98. The topological polar surface area (TPSA) is 70.2 Å². The minimum Gasteiger partial charge on any atom is -0.411 e. The van der Waals surface area contributed by atoms with Gasteiger partial charge in [-0.2, -0.15) is 0 Å². The van der Waals surface area contributed by atoms with Crippen LogP contribution < -0.4 is 0 Å². The Bertz CT molecular complexity index is 1130. The zero-order chi connectivity index (χ0) is 18.9. The molecule has 1 aromatic heterocycles. The van der Waals surface area contributed by atoms with E-state index in [2.05, 4.69) is 22.3 Å². The van der Waals surface area contributed by atoms with E-state index in [1.807, 2.05) is 42.5 Å². The summed E-state index contributed by atoms with van der Waals surface area (Å²) in [7, 11) is 0. The quantitative estimate of drug-likeness (QED) is 0.428. The highest BCUT2D eigenvalue weighted by Gasteiger charge is 2.25. The Morgan fingerprint density at radius 3 is 2.61 bits per heavy atom. The smallest absolute Gasteiger partial charge is 0.106 e. The van der Waals surface area contributed by atoms with Crippen molar-refractivity contribution in [3.63, 3.8) is 0 Å². The van der Waals surface area contributed by atoms with Crippen LogP contribution in [0.1, 0.15) is 27.8 Å². The van der Waals surface area contributed by atoms with Gasteiger partial charge in [-0.15, -0.1) is 0 Å². The normalized spacial score (nSPS) is 15.1. The summed E-state index contributed by atoms with van der Waals surface area (Å²) in [5.74, 6) is 0. The number of benzene rings is 2. The predicted octanol–water partition coefficient (Wildman–Crippen LogP) is 4.13. The van der Waals surface area contributed by atoms with Gasteiger partial charge in [-0.3, -0.25) is 15.0 Å². The van der Waals surface area contributed by atoms with Crippen LogP contribution in [0.5, 0.6) is 0 Å². The first kappa shape index (κ1) is 16.6. The van der Waals surface area contributed by atoms with E-state index < -0.39 is 0 Å². The van der Waals surface area contributed by atoms with Crippen molar-refractivity contribution in [2.24, 2.45) is 15.1 Å². The fourth-order valence-corrected chi connectivity index (χ4v) is 3.80. The third-order valence-electron chi connectivity index (χ3n) is 5.20. The molecule has 2 aromatic carbocycles. The molecule has 0 saturated carbocycles. The van der Waals surface area contributed by atoms with Gasteiger partial charge in [0.1, 0.15) is 5.71 Å². The van der Waals surface area contributed by atoms with Crippen molar-refractivity contribution >= 4 is 22.8 Å². The highest BCUT2D eigenvalue weighted by Crippen LogP contribution is 2.34. The van der Waals surface area contributed by atoms with Gasteiger partial charge in [0.2, 0.25) is 0 Å². The second kappa shape index (κ2) is 6.85. The first-order valence-corrected chi connectivity index (χ1v) is 9.25. The van der Waals surface area contributed by atoms with E-state index in [0.29, 0.717) is 25.1 Å². The summed E-state index contributed by atoms with van der Waals surface area (Å²) >= 11 is 0. The van der Waals surface area contributed by atoms with E-state index in [4.69, 9.17) is 9.98 Å². The summed E-state index contributed by atoms with van der Waals surface area (Å²) in [4.78, 5) is 13.6. The molecule has 1 N–H and O–H groups in total. The van der Waals surface area contributed by atoms with E-state index in [0.717, 1.165) is 39.4 Å². The van der Waals surface area contributed by atoms with Gasteiger partial charge in [0.15, 0.2) is 0 Å². The third kappa shape index (κ3) is 2.91. The standard InChI is InChI=1S/C23H18N4O/c28-27-22(10-15-4-2-1-3-5-15)21-12-17-11-18-14-25-23(16-6-8-24-9-7-16)19(18)13-20(17)26-21/h1-9,11,13,28H,10,12,14H2/b27-22-. The molecule has 3 aromatic rings. The molecule has 5 rings (SSSR count). The lowest BCUT2D eigenvalue weighted by Crippen LogP contribution is -2.17. The maximum Gasteiger partial charge on any atom is 0.106 e. The summed E-state index contributed by atoms with van der Waals surface area (Å²) < 4.78 is 0. The van der Waals surface area contributed by atoms with Crippen molar-refractivity contribution in [3.05, 3.63) is 94.8 Å². The molecule has 0 amide bonds. The van der Waals surface area contributed by atoms with E-state index in [-0.39, 0.29) is 0 Å². The number of nitrogens with zero attached hydrogens (tertiary/aromatic N) is 4. The molecule has 136 valence electrons. The molecule has 2 aliphatic rings. The minimum absolute atomic E-state index is 0.563. The van der Waals surface area contributed by atoms with Crippen molar-refractivity contribution in [2.45, 2.75) is 19.4 Å². The van der Waals surface area contributed by atoms with E-state index >= 15 is 0 Å². The maximum atomic E-state index is 9.57. The second-order valence-electron chi connectivity index (χ2n) is 6.98. The van der Waals surface area contributed by atoms with Crippen LogP contribution in [-0.2, 0) is 19.4 Å². The van der Waals surface area contributed by atoms with Crippen LogP contribution in [0, 0.1) is 0 Å². The van der Waals surface area contributed by atoms with Gasteiger partial charge in [0, 0.05) is 36.4 Å². The monoisotopic (exact) mass is 366 g/mol. The highest BCUT2D eigenvalue weighted by molar-refractivity contribution is 6.44. The fourth-order valence-electron chi connectivity index (χ4n) is 3.80. The van der Waals surface area contributed by atoms with Crippen LogP contribution in [0.15, 0.2) is 82.1 Å². The zero-order valence-electron chi connectivity index (χ0n) is 15.2. The number of fused-ring (bicyclic) bond motifs is 2. The molecule has 0 atom stereocenters. The number of oxime groups is 1. The van der Waals surface area contributed by atoms with Crippen LogP contribution in [0.2, 0.25) is 0 Å². The molecule has 0 unspecified atom stereocenters. The largest absolute Gasteiger partial charge is 0.411 e. The van der Waals surface area contributed by atoms with Gasteiger partial charge < -0.3 is 5.21 Å². The number of rotatable bonds is 4. The molecule has 0 spiro atoms. The Morgan fingerprint density at radius 2 is 1.82 bits per heavy atom. The summed E-state index contributed by atoms with van der Waals surface area (Å²) in [6.07, 6.45) is 4.81. The number of aromatic nitrogens is 1. The lowest BCUT2D eigenvalue weighted by Gasteiger charge is -2.06. The Balaban J connectivity index is 1.46. The van der Waals surface area contributed by atoms with Crippen molar-refractivity contribution in [2.75, 3.05) is 0 Å². The van der Waals surface area contributed by atoms with Crippen molar-refractivity contribution in [1.82, 2.24) is 4.98 Å². The molecule has 2 aliphatic heterocycles. The van der Waals surface area contributed by atoms with E-state index in [1.165, 1.54) is 5.56 Å². The van der Waals surface area contributed by atoms with Crippen molar-refractivity contribution < 1.29 is 5.21 Å². The predicted molar refractivity (Wildman–Crippen MR) is 110 cm³/mol. The van der Waals surface area contributed by atoms with Gasteiger partial charge in [-0.25, -0.2) is 0 Å². The molecule has 3 heterocycles. The van der Waals surface area contributed by atoms with Crippen molar-refractivity contribution in [3.8, 4) is 0 Å². The number of pyridine rings is 1. The molecule has 0 fully saturated rings. The minimum atomic E-state index is 0.563. The number of aliphatic imine (C=N–C) groups is 2. The molecule has 0 saturated heterocycles. The first-order chi connectivity index (χ1) is 13.8. The third-order valence-corrected chi connectivity index (χ3v) is 5.20. The summed E-state index contributed by atoms with van der Waals surface area (Å²) in [5.41, 5.74) is 9.04. The van der Waals surface area contributed by atoms with Gasteiger partial charge in [-0.1, -0.05) is 41.6 Å². The SMILES string of the molecule is O/N=C(/Cc1ccccc1)C1=Nc2cc3c(cc2C1)CN=C3c1ccncc1. The molecular weight excluding hydrogens is 348 g/mol. The van der Waals surface area contributed by atoms with Crippen LogP contribution in [0.3, 0.4) is 0 Å². The summed E-state index contributed by atoms with van der Waals surface area (Å²) in [6.45, 7) is 0.681. The average molecular weight is 366 g/mol. The lowest BCUT2D eigenvalue weighted by molar-refractivity contribution is 0.319. The van der Waals surface area contributed by atoms with E-state index in [9.17, 15) is 5.21 Å². The van der Waals surface area contributed by atoms with E-state index in [1.54, 1.807) is 12.4 Å². The number of hydrogen-bond donors (Lipinski definition) is 1. The van der Waals surface area contributed by atoms with Crippen molar-refractivity contribution in [1.29, 1.82) is 0 Å². The zero-order valence-corrected chi connectivity index (χ0v) is 15.2. The average Bonchev–Trinajstić information content (AvgIpc) is 3.35. The van der Waals surface area contributed by atoms with Crippen LogP contribution in [-0.4, -0.2) is 27.3 Å². The Hall–Kier alpha value is -3.60. The Labute approximate surface area is 162 Å². The summed E-state index contributed by atoms with van der Waals surface area (Å²) in [6, 6.07) is 18.3. The van der Waals surface area contributed by atoms with Crippen LogP contribution in [0.4, 0.5) is 5.69 Å². The Morgan fingerprint density at radius 1 is 1.00 bits per heavy atom. The van der Waals surface area contributed by atoms with Gasteiger partial charge in [0.05, 0.1) is 23.7 Å². The summed E-state index contributed by atoms with van der Waals surface area (Å²) in [5, 5.41) is 13.1. The fraction of sp³-hybridized carbons (Fsp3) is 0.130. The molecule has 5 nitrogen and oxygen atoms in total.